The first-order valence-corrected chi connectivity index (χ1v) is 7.18. The highest BCUT2D eigenvalue weighted by atomic mass is 19.1. The Kier molecular flexibility index (Phi) is 3.99. The van der Waals surface area contributed by atoms with Crippen LogP contribution in [0.2, 0.25) is 0 Å². The molecule has 2 aromatic rings. The number of hydrogen-bond donors (Lipinski definition) is 2. The minimum atomic E-state index is -1.28. The molecule has 0 aliphatic carbocycles. The molecule has 0 saturated heterocycles. The number of hydrogen-bond acceptors (Lipinski definition) is 3. The van der Waals surface area contributed by atoms with Gasteiger partial charge in [-0.1, -0.05) is 24.3 Å². The van der Waals surface area contributed by atoms with E-state index in [0.717, 1.165) is 4.90 Å². The van der Waals surface area contributed by atoms with Gasteiger partial charge in [-0.15, -0.1) is 0 Å². The van der Waals surface area contributed by atoms with Crippen molar-refractivity contribution >= 4 is 17.9 Å². The number of carboxylic acid groups (broad SMARTS) is 1. The number of nitrogens with zero attached hydrogens (tertiary/aromatic N) is 1. The molecule has 1 unspecified atom stereocenters. The molecule has 2 aromatic carbocycles. The topological polar surface area (TPSA) is 86.7 Å². The summed E-state index contributed by atoms with van der Waals surface area (Å²) in [6.45, 7) is -0.188. The van der Waals surface area contributed by atoms with E-state index >= 15 is 0 Å². The number of imide groups is 1. The first-order valence-electron chi connectivity index (χ1n) is 7.18. The highest BCUT2D eigenvalue weighted by Gasteiger charge is 2.40. The molecular weight excluding hydrogens is 315 g/mol. The van der Waals surface area contributed by atoms with Gasteiger partial charge in [-0.25, -0.2) is 9.18 Å². The summed E-state index contributed by atoms with van der Waals surface area (Å²) in [7, 11) is 0. The Balaban J connectivity index is 2.00. The molecule has 1 aliphatic heterocycles. The number of carbonyl (C=O) groups excluding carboxylic acids is 2. The maximum Gasteiger partial charge on any atom is 0.404 e. The minimum Gasteiger partial charge on any atom is -0.465 e. The van der Waals surface area contributed by atoms with Crippen LogP contribution in [0, 0.1) is 5.82 Å². The first-order chi connectivity index (χ1) is 11.5. The van der Waals surface area contributed by atoms with Gasteiger partial charge >= 0.3 is 6.09 Å². The summed E-state index contributed by atoms with van der Waals surface area (Å²) in [5.41, 5.74) is 0.995. The van der Waals surface area contributed by atoms with Crippen molar-refractivity contribution < 1.29 is 23.9 Å². The molecule has 0 bridgehead atoms. The molecule has 7 heteroatoms. The number of nitrogens with one attached hydrogen (secondary N) is 1. The van der Waals surface area contributed by atoms with E-state index in [4.69, 9.17) is 5.11 Å². The lowest BCUT2D eigenvalue weighted by Crippen LogP contribution is -2.40. The highest BCUT2D eigenvalue weighted by Crippen LogP contribution is 2.31. The van der Waals surface area contributed by atoms with Crippen molar-refractivity contribution in [1.82, 2.24) is 10.2 Å². The molecule has 0 saturated carbocycles. The van der Waals surface area contributed by atoms with Gasteiger partial charge in [0.2, 0.25) is 0 Å². The van der Waals surface area contributed by atoms with E-state index in [1.807, 2.05) is 0 Å². The molecule has 1 aliphatic rings. The molecule has 3 rings (SSSR count). The van der Waals surface area contributed by atoms with E-state index in [1.165, 1.54) is 24.3 Å². The fourth-order valence-corrected chi connectivity index (χ4v) is 2.72. The quantitative estimate of drug-likeness (QED) is 0.844. The molecule has 6 nitrogen and oxygen atoms in total. The van der Waals surface area contributed by atoms with Crippen molar-refractivity contribution in [1.29, 1.82) is 0 Å². The number of halogens is 1. The Bertz CT molecular complexity index is 785. The van der Waals surface area contributed by atoms with Crippen LogP contribution in [0.5, 0.6) is 0 Å². The van der Waals surface area contributed by atoms with Gasteiger partial charge in [0, 0.05) is 6.54 Å². The van der Waals surface area contributed by atoms with E-state index in [1.54, 1.807) is 24.3 Å². The van der Waals surface area contributed by atoms with Gasteiger partial charge in [-0.05, 0) is 29.8 Å². The highest BCUT2D eigenvalue weighted by molar-refractivity contribution is 6.21. The zero-order chi connectivity index (χ0) is 17.3. The predicted octanol–water partition coefficient (Wildman–Crippen LogP) is 2.43. The maximum atomic E-state index is 13.2. The SMILES string of the molecule is O=C(O)NCC(c1ccc(F)cc1)N1C(=O)c2ccccc2C1=O. The van der Waals surface area contributed by atoms with Crippen LogP contribution in [0.25, 0.3) is 0 Å². The Labute approximate surface area is 136 Å². The van der Waals surface area contributed by atoms with Crippen molar-refractivity contribution in [3.63, 3.8) is 0 Å². The van der Waals surface area contributed by atoms with Gasteiger partial charge in [0.1, 0.15) is 5.82 Å². The van der Waals surface area contributed by atoms with E-state index in [0.29, 0.717) is 5.56 Å². The lowest BCUT2D eigenvalue weighted by molar-refractivity contribution is 0.0579. The maximum absolute atomic E-state index is 13.2. The van der Waals surface area contributed by atoms with Crippen LogP contribution < -0.4 is 5.32 Å². The second kappa shape index (κ2) is 6.11. The van der Waals surface area contributed by atoms with Crippen molar-refractivity contribution in [2.75, 3.05) is 6.54 Å². The van der Waals surface area contributed by atoms with E-state index in [9.17, 15) is 18.8 Å². The Hall–Kier alpha value is -3.22. The normalized spacial score (nSPS) is 14.5. The molecular formula is C17H13FN2O4. The standard InChI is InChI=1S/C17H13FN2O4/c18-11-7-5-10(6-8-11)14(9-19-17(23)24)20-15(21)12-3-1-2-4-13(12)16(20)22/h1-8,14,19H,9H2,(H,23,24). The molecule has 0 aromatic heterocycles. The van der Waals surface area contributed by atoms with Crippen LogP contribution in [0.15, 0.2) is 48.5 Å². The number of carbonyl (C=O) groups is 3. The summed E-state index contributed by atoms with van der Waals surface area (Å²) in [5, 5.41) is 11.0. The summed E-state index contributed by atoms with van der Waals surface area (Å²) >= 11 is 0. The molecule has 1 atom stereocenters. The number of rotatable bonds is 4. The fraction of sp³-hybridized carbons (Fsp3) is 0.118. The number of benzene rings is 2. The third-order valence-corrected chi connectivity index (χ3v) is 3.84. The largest absolute Gasteiger partial charge is 0.465 e. The molecule has 3 amide bonds. The average molecular weight is 328 g/mol. The second-order valence-corrected chi connectivity index (χ2v) is 5.28. The Morgan fingerprint density at radius 3 is 2.08 bits per heavy atom. The van der Waals surface area contributed by atoms with Crippen molar-refractivity contribution in [2.45, 2.75) is 6.04 Å². The van der Waals surface area contributed by atoms with Crippen LogP contribution >= 0.6 is 0 Å². The number of fused-ring (bicyclic) bond motifs is 1. The molecule has 0 fully saturated rings. The van der Waals surface area contributed by atoms with Crippen molar-refractivity contribution in [2.24, 2.45) is 0 Å². The smallest absolute Gasteiger partial charge is 0.404 e. The van der Waals surface area contributed by atoms with Gasteiger partial charge in [-0.2, -0.15) is 0 Å². The Morgan fingerprint density at radius 1 is 1.04 bits per heavy atom. The summed E-state index contributed by atoms with van der Waals surface area (Å²) in [6, 6.07) is 10.8. The third kappa shape index (κ3) is 2.71. The van der Waals surface area contributed by atoms with Crippen LogP contribution in [0.1, 0.15) is 32.3 Å². The molecule has 24 heavy (non-hydrogen) atoms. The third-order valence-electron chi connectivity index (χ3n) is 3.84. The summed E-state index contributed by atoms with van der Waals surface area (Å²) in [5.74, 6) is -1.47. The van der Waals surface area contributed by atoms with Crippen LogP contribution in [0.3, 0.4) is 0 Å². The molecule has 1 heterocycles. The monoisotopic (exact) mass is 328 g/mol. The van der Waals surface area contributed by atoms with E-state index in [-0.39, 0.29) is 17.7 Å². The minimum absolute atomic E-state index is 0.188. The van der Waals surface area contributed by atoms with Gasteiger partial charge in [0.05, 0.1) is 17.2 Å². The van der Waals surface area contributed by atoms with Crippen LogP contribution in [0.4, 0.5) is 9.18 Å². The van der Waals surface area contributed by atoms with Gasteiger partial charge in [-0.3, -0.25) is 14.5 Å². The fourth-order valence-electron chi connectivity index (χ4n) is 2.72. The van der Waals surface area contributed by atoms with Crippen molar-refractivity contribution in [3.05, 3.63) is 71.0 Å². The summed E-state index contributed by atoms with van der Waals surface area (Å²) < 4.78 is 13.2. The first kappa shape index (κ1) is 15.7. The zero-order valence-electron chi connectivity index (χ0n) is 12.4. The molecule has 2 N–H and O–H groups in total. The molecule has 0 radical (unpaired) electrons. The van der Waals surface area contributed by atoms with E-state index in [2.05, 4.69) is 5.32 Å². The Morgan fingerprint density at radius 2 is 1.58 bits per heavy atom. The zero-order valence-corrected chi connectivity index (χ0v) is 12.4. The molecule has 0 spiro atoms. The second-order valence-electron chi connectivity index (χ2n) is 5.28. The summed E-state index contributed by atoms with van der Waals surface area (Å²) in [4.78, 5) is 37.0. The lowest BCUT2D eigenvalue weighted by atomic mass is 10.1. The van der Waals surface area contributed by atoms with Crippen LogP contribution in [-0.4, -0.2) is 34.5 Å². The van der Waals surface area contributed by atoms with Crippen molar-refractivity contribution in [3.8, 4) is 0 Å². The number of amides is 3. The average Bonchev–Trinajstić information content (AvgIpc) is 2.82. The van der Waals surface area contributed by atoms with Gasteiger partial charge in [0.15, 0.2) is 0 Å². The van der Waals surface area contributed by atoms with Crippen LogP contribution in [-0.2, 0) is 0 Å². The van der Waals surface area contributed by atoms with Gasteiger partial charge in [0.25, 0.3) is 11.8 Å². The summed E-state index contributed by atoms with van der Waals surface area (Å²) in [6.07, 6.45) is -1.28. The van der Waals surface area contributed by atoms with E-state index < -0.39 is 29.8 Å². The predicted molar refractivity (Wildman–Crippen MR) is 82.1 cm³/mol. The molecule has 122 valence electrons. The van der Waals surface area contributed by atoms with Gasteiger partial charge < -0.3 is 10.4 Å². The lowest BCUT2D eigenvalue weighted by Gasteiger charge is -2.26.